The molecule has 0 amide bonds. The van der Waals surface area contributed by atoms with E-state index >= 15 is 0 Å². The van der Waals surface area contributed by atoms with Gasteiger partial charge in [-0.2, -0.15) is 0 Å². The first kappa shape index (κ1) is 12.3. The summed E-state index contributed by atoms with van der Waals surface area (Å²) in [5.41, 5.74) is -0.769. The molecular formula is C8H5BrClF2NO2. The van der Waals surface area contributed by atoms with Crippen LogP contribution >= 0.6 is 27.5 Å². The third kappa shape index (κ3) is 2.63. The lowest BCUT2D eigenvalue weighted by molar-refractivity contribution is 0.0688. The van der Waals surface area contributed by atoms with Crippen LogP contribution in [0, 0.1) is 0 Å². The quantitative estimate of drug-likeness (QED) is 0.872. The van der Waals surface area contributed by atoms with Crippen molar-refractivity contribution in [1.82, 2.24) is 4.98 Å². The Morgan fingerprint density at radius 3 is 2.67 bits per heavy atom. The van der Waals surface area contributed by atoms with Gasteiger partial charge in [-0.3, -0.25) is 0 Å². The van der Waals surface area contributed by atoms with Crippen molar-refractivity contribution < 1.29 is 18.7 Å². The van der Waals surface area contributed by atoms with Crippen LogP contribution in [0.4, 0.5) is 8.78 Å². The van der Waals surface area contributed by atoms with E-state index in [0.29, 0.717) is 0 Å². The number of hydrogen-bond donors (Lipinski definition) is 1. The second-order valence-corrected chi connectivity index (χ2v) is 3.67. The maximum atomic E-state index is 12.5. The molecule has 0 aliphatic heterocycles. The summed E-state index contributed by atoms with van der Waals surface area (Å²) in [5.74, 6) is -1.43. The number of aromatic carboxylic acids is 1. The molecule has 1 aromatic heterocycles. The molecule has 1 N–H and O–H groups in total. The van der Waals surface area contributed by atoms with Crippen LogP contribution in [0.1, 0.15) is 28.2 Å². The molecular weight excluding hydrogens is 295 g/mol. The molecule has 0 aliphatic rings. The van der Waals surface area contributed by atoms with Crippen molar-refractivity contribution in [2.75, 3.05) is 0 Å². The largest absolute Gasteiger partial charge is 0.477 e. The minimum atomic E-state index is -2.85. The minimum Gasteiger partial charge on any atom is -0.477 e. The molecule has 0 radical (unpaired) electrons. The SMILES string of the molecule is O=C(O)c1cc(CCl)c(Br)c(C(F)F)n1. The van der Waals surface area contributed by atoms with Gasteiger partial charge >= 0.3 is 5.97 Å². The third-order valence-electron chi connectivity index (χ3n) is 1.63. The number of aromatic nitrogens is 1. The van der Waals surface area contributed by atoms with E-state index in [4.69, 9.17) is 16.7 Å². The predicted molar refractivity (Wildman–Crippen MR) is 53.4 cm³/mol. The second kappa shape index (κ2) is 4.85. The highest BCUT2D eigenvalue weighted by Gasteiger charge is 2.20. The molecule has 7 heteroatoms. The first-order valence-electron chi connectivity index (χ1n) is 3.74. The Morgan fingerprint density at radius 2 is 2.27 bits per heavy atom. The molecule has 1 rings (SSSR count). The van der Waals surface area contributed by atoms with Crippen molar-refractivity contribution in [1.29, 1.82) is 0 Å². The van der Waals surface area contributed by atoms with Crippen molar-refractivity contribution in [3.63, 3.8) is 0 Å². The highest BCUT2D eigenvalue weighted by molar-refractivity contribution is 9.10. The summed E-state index contributed by atoms with van der Waals surface area (Å²) >= 11 is 8.40. The summed E-state index contributed by atoms with van der Waals surface area (Å²) in [6.07, 6.45) is -2.85. The van der Waals surface area contributed by atoms with Gasteiger partial charge in [0.2, 0.25) is 0 Å². The van der Waals surface area contributed by atoms with Gasteiger partial charge in [0.15, 0.2) is 0 Å². The Morgan fingerprint density at radius 1 is 1.67 bits per heavy atom. The summed E-state index contributed by atoms with van der Waals surface area (Å²) in [6.45, 7) is 0. The predicted octanol–water partition coefficient (Wildman–Crippen LogP) is 3.22. The smallest absolute Gasteiger partial charge is 0.354 e. The van der Waals surface area contributed by atoms with Gasteiger partial charge in [-0.1, -0.05) is 0 Å². The van der Waals surface area contributed by atoms with E-state index in [2.05, 4.69) is 20.9 Å². The number of nitrogens with zero attached hydrogens (tertiary/aromatic N) is 1. The molecule has 0 saturated heterocycles. The van der Waals surface area contributed by atoms with Gasteiger partial charge in [-0.25, -0.2) is 18.6 Å². The lowest BCUT2D eigenvalue weighted by atomic mass is 10.2. The topological polar surface area (TPSA) is 50.2 Å². The fraction of sp³-hybridized carbons (Fsp3) is 0.250. The standard InChI is InChI=1S/C8H5BrClF2NO2/c9-5-3(2-10)1-4(8(14)15)13-6(5)7(11)12/h1,7H,2H2,(H,14,15). The zero-order chi connectivity index (χ0) is 11.6. The van der Waals surface area contributed by atoms with E-state index in [1.165, 1.54) is 0 Å². The van der Waals surface area contributed by atoms with Gasteiger partial charge < -0.3 is 5.11 Å². The highest BCUT2D eigenvalue weighted by atomic mass is 79.9. The molecule has 0 atom stereocenters. The Bertz CT molecular complexity index is 400. The normalized spacial score (nSPS) is 10.7. The van der Waals surface area contributed by atoms with E-state index in [-0.39, 0.29) is 15.9 Å². The maximum absolute atomic E-state index is 12.5. The fourth-order valence-electron chi connectivity index (χ4n) is 0.955. The Balaban J connectivity index is 3.38. The Kier molecular flexibility index (Phi) is 3.98. The van der Waals surface area contributed by atoms with Gasteiger partial charge in [0, 0.05) is 10.4 Å². The van der Waals surface area contributed by atoms with Gasteiger partial charge in [0.25, 0.3) is 6.43 Å². The third-order valence-corrected chi connectivity index (χ3v) is 2.83. The van der Waals surface area contributed by atoms with Crippen molar-refractivity contribution in [2.24, 2.45) is 0 Å². The second-order valence-electron chi connectivity index (χ2n) is 2.61. The van der Waals surface area contributed by atoms with Crippen molar-refractivity contribution in [2.45, 2.75) is 12.3 Å². The van der Waals surface area contributed by atoms with Crippen LogP contribution < -0.4 is 0 Å². The van der Waals surface area contributed by atoms with Gasteiger partial charge in [0.1, 0.15) is 11.4 Å². The minimum absolute atomic E-state index is 0.0532. The van der Waals surface area contributed by atoms with E-state index in [9.17, 15) is 13.6 Å². The monoisotopic (exact) mass is 299 g/mol. The van der Waals surface area contributed by atoms with Crippen LogP contribution in [-0.4, -0.2) is 16.1 Å². The van der Waals surface area contributed by atoms with E-state index < -0.39 is 23.8 Å². The molecule has 1 aromatic rings. The molecule has 15 heavy (non-hydrogen) atoms. The van der Waals surface area contributed by atoms with Crippen LogP contribution in [0.2, 0.25) is 0 Å². The molecule has 0 unspecified atom stereocenters. The first-order chi connectivity index (χ1) is 6.97. The Labute approximate surface area is 97.2 Å². The molecule has 0 aromatic carbocycles. The van der Waals surface area contributed by atoms with E-state index in [1.54, 1.807) is 0 Å². The molecule has 1 heterocycles. The summed E-state index contributed by atoms with van der Waals surface area (Å²) in [6, 6.07) is 1.16. The summed E-state index contributed by atoms with van der Waals surface area (Å²) in [5, 5.41) is 8.64. The lowest BCUT2D eigenvalue weighted by Gasteiger charge is -2.07. The molecule has 0 bridgehead atoms. The van der Waals surface area contributed by atoms with Crippen molar-refractivity contribution in [3.05, 3.63) is 27.5 Å². The zero-order valence-electron chi connectivity index (χ0n) is 7.18. The summed E-state index contributed by atoms with van der Waals surface area (Å²) < 4.78 is 25.0. The average Bonchev–Trinajstić information content (AvgIpc) is 2.17. The van der Waals surface area contributed by atoms with Gasteiger partial charge in [-0.05, 0) is 27.6 Å². The number of alkyl halides is 3. The molecule has 0 aliphatic carbocycles. The maximum Gasteiger partial charge on any atom is 0.354 e. The number of carboxylic acids is 1. The van der Waals surface area contributed by atoms with E-state index in [1.807, 2.05) is 0 Å². The molecule has 3 nitrogen and oxygen atoms in total. The number of rotatable bonds is 3. The summed E-state index contributed by atoms with van der Waals surface area (Å²) in [4.78, 5) is 13.9. The van der Waals surface area contributed by atoms with Crippen LogP contribution in [0.3, 0.4) is 0 Å². The first-order valence-corrected chi connectivity index (χ1v) is 5.06. The number of carbonyl (C=O) groups is 1. The van der Waals surface area contributed by atoms with Crippen molar-refractivity contribution in [3.8, 4) is 0 Å². The number of pyridine rings is 1. The van der Waals surface area contributed by atoms with Crippen LogP contribution in [0.15, 0.2) is 10.5 Å². The van der Waals surface area contributed by atoms with Gasteiger partial charge in [0.05, 0.1) is 0 Å². The average molecular weight is 300 g/mol. The Hall–Kier alpha value is -0.750. The zero-order valence-corrected chi connectivity index (χ0v) is 9.52. The van der Waals surface area contributed by atoms with Crippen LogP contribution in [-0.2, 0) is 5.88 Å². The van der Waals surface area contributed by atoms with Crippen LogP contribution in [0.25, 0.3) is 0 Å². The summed E-state index contributed by atoms with van der Waals surface area (Å²) in [7, 11) is 0. The molecule has 0 spiro atoms. The fourth-order valence-corrected chi connectivity index (χ4v) is 1.84. The number of carboxylic acid groups (broad SMARTS) is 1. The van der Waals surface area contributed by atoms with Gasteiger partial charge in [-0.15, -0.1) is 11.6 Å². The lowest BCUT2D eigenvalue weighted by Crippen LogP contribution is -2.06. The molecule has 82 valence electrons. The molecule has 0 fully saturated rings. The number of halogens is 4. The van der Waals surface area contributed by atoms with E-state index in [0.717, 1.165) is 6.07 Å². The van der Waals surface area contributed by atoms with Crippen LogP contribution in [0.5, 0.6) is 0 Å². The number of hydrogen-bond acceptors (Lipinski definition) is 2. The van der Waals surface area contributed by atoms with Crippen molar-refractivity contribution >= 4 is 33.5 Å². The highest BCUT2D eigenvalue weighted by Crippen LogP contribution is 2.30. The molecule has 0 saturated carbocycles.